The van der Waals surface area contributed by atoms with Crippen LogP contribution >= 0.6 is 11.3 Å². The van der Waals surface area contributed by atoms with E-state index in [9.17, 15) is 4.79 Å². The summed E-state index contributed by atoms with van der Waals surface area (Å²) in [5.41, 5.74) is 0. The molecule has 0 saturated heterocycles. The molecule has 66 valence electrons. The number of carbonyl (C=O) groups excluding carboxylic acids is 1. The maximum Gasteiger partial charge on any atom is 0.352 e. The number of rotatable bonds is 2. The van der Waals surface area contributed by atoms with E-state index in [0.717, 1.165) is 11.3 Å². The lowest BCUT2D eigenvalue weighted by molar-refractivity contribution is 0.0528. The number of carbonyl (C=O) groups is 1. The Labute approximate surface area is 73.0 Å². The van der Waals surface area contributed by atoms with Gasteiger partial charge in [-0.05, 0) is 6.92 Å². The summed E-state index contributed by atoms with van der Waals surface area (Å²) in [7, 11) is 0. The van der Waals surface area contributed by atoms with E-state index in [2.05, 4.69) is 4.74 Å². The molecule has 1 rings (SSSR count). The van der Waals surface area contributed by atoms with Gasteiger partial charge in [0.2, 0.25) is 0 Å². The van der Waals surface area contributed by atoms with E-state index in [1.807, 2.05) is 0 Å². The summed E-state index contributed by atoms with van der Waals surface area (Å²) in [4.78, 5) is 11.0. The summed E-state index contributed by atoms with van der Waals surface area (Å²) in [6.07, 6.45) is 0. The number of ether oxygens (including phenoxy) is 1. The summed E-state index contributed by atoms with van der Waals surface area (Å²) in [6.45, 7) is 1.92. The van der Waals surface area contributed by atoms with Crippen LogP contribution in [0.5, 0.6) is 11.5 Å². The monoisotopic (exact) mass is 188 g/mol. The van der Waals surface area contributed by atoms with Gasteiger partial charge in [0, 0.05) is 5.38 Å². The van der Waals surface area contributed by atoms with Gasteiger partial charge in [-0.3, -0.25) is 0 Å². The molecule has 0 aliphatic carbocycles. The molecule has 0 aliphatic heterocycles. The van der Waals surface area contributed by atoms with Crippen molar-refractivity contribution in [2.24, 2.45) is 0 Å². The highest BCUT2D eigenvalue weighted by molar-refractivity contribution is 7.12. The van der Waals surface area contributed by atoms with Crippen LogP contribution in [-0.2, 0) is 4.74 Å². The predicted molar refractivity (Wildman–Crippen MR) is 43.6 cm³/mol. The van der Waals surface area contributed by atoms with Crippen molar-refractivity contribution in [2.45, 2.75) is 6.92 Å². The van der Waals surface area contributed by atoms with Gasteiger partial charge < -0.3 is 14.9 Å². The zero-order valence-corrected chi connectivity index (χ0v) is 7.22. The molecule has 5 heteroatoms. The van der Waals surface area contributed by atoms with Gasteiger partial charge in [0.25, 0.3) is 0 Å². The fraction of sp³-hybridized carbons (Fsp3) is 0.286. The largest absolute Gasteiger partial charge is 0.504 e. The molecule has 1 heterocycles. The van der Waals surface area contributed by atoms with Crippen molar-refractivity contribution in [3.63, 3.8) is 0 Å². The summed E-state index contributed by atoms with van der Waals surface area (Å²) < 4.78 is 4.62. The van der Waals surface area contributed by atoms with Crippen LogP contribution in [0.3, 0.4) is 0 Å². The molecule has 0 amide bonds. The molecule has 1 aromatic rings. The molecule has 12 heavy (non-hydrogen) atoms. The van der Waals surface area contributed by atoms with Gasteiger partial charge in [0.15, 0.2) is 16.4 Å². The van der Waals surface area contributed by atoms with E-state index >= 15 is 0 Å². The summed E-state index contributed by atoms with van der Waals surface area (Å²) in [5.74, 6) is -1.30. The van der Waals surface area contributed by atoms with Crippen LogP contribution in [0.15, 0.2) is 5.38 Å². The first kappa shape index (κ1) is 8.86. The van der Waals surface area contributed by atoms with Gasteiger partial charge in [-0.2, -0.15) is 0 Å². The quantitative estimate of drug-likeness (QED) is 0.687. The van der Waals surface area contributed by atoms with Gasteiger partial charge in [-0.25, -0.2) is 4.79 Å². The van der Waals surface area contributed by atoms with Gasteiger partial charge >= 0.3 is 5.97 Å². The molecule has 0 saturated carbocycles. The Hall–Kier alpha value is -1.23. The van der Waals surface area contributed by atoms with Crippen molar-refractivity contribution in [1.82, 2.24) is 0 Å². The first-order valence-corrected chi connectivity index (χ1v) is 4.21. The molecule has 4 nitrogen and oxygen atoms in total. The van der Waals surface area contributed by atoms with Gasteiger partial charge in [0.05, 0.1) is 6.61 Å². The number of hydrogen-bond acceptors (Lipinski definition) is 5. The minimum Gasteiger partial charge on any atom is -0.504 e. The lowest BCUT2D eigenvalue weighted by Gasteiger charge is -1.98. The standard InChI is InChI=1S/C7H8O4S/c1-2-11-7(10)6-5(9)4(8)3-12-6/h3,8-9H,2H2,1H3. The van der Waals surface area contributed by atoms with Crippen molar-refractivity contribution >= 4 is 17.3 Å². The van der Waals surface area contributed by atoms with Crippen molar-refractivity contribution in [2.75, 3.05) is 6.61 Å². The highest BCUT2D eigenvalue weighted by Gasteiger charge is 2.17. The molecule has 0 spiro atoms. The molecule has 0 radical (unpaired) electrons. The smallest absolute Gasteiger partial charge is 0.352 e. The van der Waals surface area contributed by atoms with E-state index in [1.54, 1.807) is 6.92 Å². The van der Waals surface area contributed by atoms with Crippen LogP contribution in [0.2, 0.25) is 0 Å². The highest BCUT2D eigenvalue weighted by Crippen LogP contribution is 2.35. The molecule has 0 fully saturated rings. The van der Waals surface area contributed by atoms with Gasteiger partial charge in [0.1, 0.15) is 0 Å². The van der Waals surface area contributed by atoms with Crippen LogP contribution in [0, 0.1) is 0 Å². The Kier molecular flexibility index (Phi) is 2.54. The average molecular weight is 188 g/mol. The van der Waals surface area contributed by atoms with E-state index < -0.39 is 11.7 Å². The Morgan fingerprint density at radius 3 is 2.75 bits per heavy atom. The number of thiophene rings is 1. The zero-order chi connectivity index (χ0) is 9.14. The summed E-state index contributed by atoms with van der Waals surface area (Å²) in [5, 5.41) is 19.3. The maximum absolute atomic E-state index is 11.0. The fourth-order valence-electron chi connectivity index (χ4n) is 0.684. The Morgan fingerprint density at radius 1 is 1.67 bits per heavy atom. The lowest BCUT2D eigenvalue weighted by atomic mass is 10.4. The molecule has 1 aromatic heterocycles. The van der Waals surface area contributed by atoms with Crippen LogP contribution in [0.25, 0.3) is 0 Å². The first-order chi connectivity index (χ1) is 5.66. The summed E-state index contributed by atoms with van der Waals surface area (Å²) in [6, 6.07) is 0. The molecule has 0 aliphatic rings. The van der Waals surface area contributed by atoms with Crippen LogP contribution in [0.4, 0.5) is 0 Å². The minimum atomic E-state index is -0.611. The highest BCUT2D eigenvalue weighted by atomic mass is 32.1. The van der Waals surface area contributed by atoms with Gasteiger partial charge in [-0.15, -0.1) is 11.3 Å². The zero-order valence-electron chi connectivity index (χ0n) is 6.40. The SMILES string of the molecule is CCOC(=O)c1scc(O)c1O. The van der Waals surface area contributed by atoms with Gasteiger partial charge in [-0.1, -0.05) is 0 Å². The normalized spacial score (nSPS) is 9.75. The van der Waals surface area contributed by atoms with Crippen molar-refractivity contribution in [1.29, 1.82) is 0 Å². The second-order valence-electron chi connectivity index (χ2n) is 2.02. The topological polar surface area (TPSA) is 66.8 Å². The molecular weight excluding hydrogens is 180 g/mol. The van der Waals surface area contributed by atoms with Crippen LogP contribution < -0.4 is 0 Å². The first-order valence-electron chi connectivity index (χ1n) is 3.33. The molecule has 2 N–H and O–H groups in total. The molecular formula is C7H8O4S. The van der Waals surface area contributed by atoms with Crippen molar-refractivity contribution < 1.29 is 19.7 Å². The maximum atomic E-state index is 11.0. The van der Waals surface area contributed by atoms with Crippen LogP contribution in [-0.4, -0.2) is 22.8 Å². The molecule has 0 atom stereocenters. The molecule has 0 bridgehead atoms. The second-order valence-corrected chi connectivity index (χ2v) is 2.90. The minimum absolute atomic E-state index is 0.0364. The Morgan fingerprint density at radius 2 is 2.33 bits per heavy atom. The Balaban J connectivity index is 2.88. The lowest BCUT2D eigenvalue weighted by Crippen LogP contribution is -2.01. The average Bonchev–Trinajstić information content (AvgIpc) is 2.34. The van der Waals surface area contributed by atoms with E-state index in [1.165, 1.54) is 5.38 Å². The third-order valence-corrected chi connectivity index (χ3v) is 2.14. The summed E-state index contributed by atoms with van der Waals surface area (Å²) >= 11 is 0.950. The third-order valence-electron chi connectivity index (χ3n) is 1.21. The van der Waals surface area contributed by atoms with Crippen molar-refractivity contribution in [3.8, 4) is 11.5 Å². The van der Waals surface area contributed by atoms with Crippen LogP contribution in [0.1, 0.15) is 16.6 Å². The molecule has 0 aromatic carbocycles. The van der Waals surface area contributed by atoms with E-state index in [4.69, 9.17) is 10.2 Å². The molecule has 0 unspecified atom stereocenters. The van der Waals surface area contributed by atoms with Crippen molar-refractivity contribution in [3.05, 3.63) is 10.3 Å². The second kappa shape index (κ2) is 3.44. The predicted octanol–water partition coefficient (Wildman–Crippen LogP) is 1.34. The third kappa shape index (κ3) is 1.50. The Bertz CT molecular complexity index is 292. The fourth-order valence-corrected chi connectivity index (χ4v) is 1.40. The number of hydrogen-bond donors (Lipinski definition) is 2. The van der Waals surface area contributed by atoms with E-state index in [-0.39, 0.29) is 17.2 Å². The number of aromatic hydroxyl groups is 2. The van der Waals surface area contributed by atoms with E-state index in [0.29, 0.717) is 0 Å². The number of esters is 1.